The molecule has 2 aromatic heterocycles. The van der Waals surface area contributed by atoms with Gasteiger partial charge in [-0.1, -0.05) is 35.2 Å². The van der Waals surface area contributed by atoms with Crippen molar-refractivity contribution in [2.75, 3.05) is 11.1 Å². The number of nitrogens with one attached hydrogen (secondary N) is 1. The summed E-state index contributed by atoms with van der Waals surface area (Å²) in [7, 11) is 0. The van der Waals surface area contributed by atoms with E-state index in [1.807, 2.05) is 24.5 Å². The normalized spacial score (nSPS) is 11.0. The van der Waals surface area contributed by atoms with Crippen molar-refractivity contribution in [2.45, 2.75) is 18.2 Å². The summed E-state index contributed by atoms with van der Waals surface area (Å²) in [6.07, 6.45) is 0. The molecule has 0 spiro atoms. The van der Waals surface area contributed by atoms with Crippen LogP contribution in [0.4, 0.5) is 19.6 Å². The monoisotopic (exact) mass is 456 g/mol. The average molecular weight is 457 g/mol. The van der Waals surface area contributed by atoms with Crippen LogP contribution in [0.5, 0.6) is 0 Å². The molecule has 9 heteroatoms. The summed E-state index contributed by atoms with van der Waals surface area (Å²) in [5, 5.41) is 11.4. The number of thioether (sulfide) groups is 1. The number of carbonyl (C=O) groups excluding carboxylic acids is 1. The number of anilines is 2. The Morgan fingerprint density at radius 1 is 1.10 bits per heavy atom. The SMILES string of the molecule is Cc1cc(C(=O)CSc2nnc(Nc3ccccc3F)s2)c(C)n1-c1ccc(F)cc1. The van der Waals surface area contributed by atoms with Gasteiger partial charge in [0.1, 0.15) is 11.6 Å². The first-order valence-corrected chi connectivity index (χ1v) is 11.2. The number of carbonyl (C=O) groups is 1. The van der Waals surface area contributed by atoms with Gasteiger partial charge in [-0.2, -0.15) is 0 Å². The highest BCUT2D eigenvalue weighted by Gasteiger charge is 2.18. The summed E-state index contributed by atoms with van der Waals surface area (Å²) in [4.78, 5) is 12.8. The second kappa shape index (κ2) is 8.99. The van der Waals surface area contributed by atoms with Gasteiger partial charge in [0.05, 0.1) is 11.4 Å². The molecule has 0 amide bonds. The molecule has 158 valence electrons. The van der Waals surface area contributed by atoms with Crippen LogP contribution in [0.3, 0.4) is 0 Å². The van der Waals surface area contributed by atoms with E-state index in [4.69, 9.17) is 0 Å². The maximum atomic E-state index is 13.8. The van der Waals surface area contributed by atoms with Crippen LogP contribution in [-0.4, -0.2) is 26.3 Å². The minimum atomic E-state index is -0.376. The van der Waals surface area contributed by atoms with Crippen LogP contribution in [-0.2, 0) is 0 Å². The van der Waals surface area contributed by atoms with Gasteiger partial charge in [-0.3, -0.25) is 4.79 Å². The van der Waals surface area contributed by atoms with Gasteiger partial charge in [0.2, 0.25) is 5.13 Å². The molecule has 0 saturated heterocycles. The third-order valence-electron chi connectivity index (χ3n) is 4.67. The van der Waals surface area contributed by atoms with Gasteiger partial charge in [0, 0.05) is 22.6 Å². The number of aromatic nitrogens is 3. The van der Waals surface area contributed by atoms with Crippen molar-refractivity contribution < 1.29 is 13.6 Å². The number of hydrogen-bond acceptors (Lipinski definition) is 6. The van der Waals surface area contributed by atoms with Crippen LogP contribution in [0.1, 0.15) is 21.7 Å². The van der Waals surface area contributed by atoms with Crippen LogP contribution in [0.15, 0.2) is 58.9 Å². The van der Waals surface area contributed by atoms with Gasteiger partial charge in [0.15, 0.2) is 10.1 Å². The molecule has 0 aliphatic carbocycles. The summed E-state index contributed by atoms with van der Waals surface area (Å²) in [5.74, 6) is -0.522. The molecule has 0 fully saturated rings. The third kappa shape index (κ3) is 4.67. The molecule has 0 bridgehead atoms. The fourth-order valence-corrected chi connectivity index (χ4v) is 4.88. The van der Waals surface area contributed by atoms with Gasteiger partial charge in [-0.25, -0.2) is 8.78 Å². The number of hydrogen-bond donors (Lipinski definition) is 1. The summed E-state index contributed by atoms with van der Waals surface area (Å²) in [5.41, 5.74) is 3.43. The molecular weight excluding hydrogens is 438 g/mol. The van der Waals surface area contributed by atoms with Gasteiger partial charge >= 0.3 is 0 Å². The Labute approximate surface area is 186 Å². The van der Waals surface area contributed by atoms with E-state index in [0.29, 0.717) is 20.7 Å². The van der Waals surface area contributed by atoms with Crippen molar-refractivity contribution in [1.29, 1.82) is 0 Å². The molecule has 0 radical (unpaired) electrons. The number of nitrogens with zero attached hydrogens (tertiary/aromatic N) is 3. The van der Waals surface area contributed by atoms with E-state index in [1.54, 1.807) is 30.3 Å². The molecule has 0 saturated carbocycles. The van der Waals surface area contributed by atoms with Crippen molar-refractivity contribution in [1.82, 2.24) is 14.8 Å². The zero-order valence-electron chi connectivity index (χ0n) is 16.7. The summed E-state index contributed by atoms with van der Waals surface area (Å²) < 4.78 is 29.5. The van der Waals surface area contributed by atoms with E-state index in [-0.39, 0.29) is 23.2 Å². The van der Waals surface area contributed by atoms with Crippen molar-refractivity contribution >= 4 is 39.7 Å². The lowest BCUT2D eigenvalue weighted by Gasteiger charge is -2.09. The predicted molar refractivity (Wildman–Crippen MR) is 120 cm³/mol. The highest BCUT2D eigenvalue weighted by atomic mass is 32.2. The van der Waals surface area contributed by atoms with Crippen LogP contribution in [0, 0.1) is 25.5 Å². The molecule has 0 aliphatic rings. The number of ketones is 1. The highest BCUT2D eigenvalue weighted by Crippen LogP contribution is 2.30. The molecule has 0 aliphatic heterocycles. The lowest BCUT2D eigenvalue weighted by molar-refractivity contribution is 0.102. The standard InChI is InChI=1S/C22H18F2N4OS2/c1-13-11-17(14(2)28(13)16-9-7-15(23)8-10-16)20(29)12-30-22-27-26-21(31-22)25-19-6-4-3-5-18(19)24/h3-11H,12H2,1-2H3,(H,25,26). The molecule has 4 aromatic rings. The van der Waals surface area contributed by atoms with E-state index in [0.717, 1.165) is 17.1 Å². The number of para-hydroxylation sites is 1. The van der Waals surface area contributed by atoms with Crippen LogP contribution >= 0.6 is 23.1 Å². The Morgan fingerprint density at radius 2 is 1.84 bits per heavy atom. The van der Waals surface area contributed by atoms with Crippen molar-refractivity contribution in [2.24, 2.45) is 0 Å². The number of Topliss-reactive ketones (excluding diaryl/α,β-unsaturated/α-hetero) is 1. The fraction of sp³-hybridized carbons (Fsp3) is 0.136. The minimum Gasteiger partial charge on any atom is -0.328 e. The first-order chi connectivity index (χ1) is 14.9. The first kappa shape index (κ1) is 21.2. The largest absolute Gasteiger partial charge is 0.328 e. The molecule has 1 N–H and O–H groups in total. The fourth-order valence-electron chi connectivity index (χ4n) is 3.23. The van der Waals surface area contributed by atoms with Crippen molar-refractivity contribution in [3.05, 3.63) is 83.2 Å². The molecule has 2 aromatic carbocycles. The third-order valence-corrected chi connectivity index (χ3v) is 6.64. The molecular formula is C22H18F2N4OS2. The van der Waals surface area contributed by atoms with E-state index in [2.05, 4.69) is 15.5 Å². The molecule has 5 nitrogen and oxygen atoms in total. The van der Waals surface area contributed by atoms with E-state index < -0.39 is 0 Å². The molecule has 0 unspecified atom stereocenters. The average Bonchev–Trinajstić information content (AvgIpc) is 3.32. The lowest BCUT2D eigenvalue weighted by Crippen LogP contribution is -2.05. The van der Waals surface area contributed by atoms with Crippen LogP contribution in [0.25, 0.3) is 5.69 Å². The van der Waals surface area contributed by atoms with Crippen LogP contribution < -0.4 is 5.32 Å². The van der Waals surface area contributed by atoms with E-state index in [1.165, 1.54) is 41.3 Å². The van der Waals surface area contributed by atoms with E-state index in [9.17, 15) is 13.6 Å². The Bertz CT molecular complexity index is 1230. The summed E-state index contributed by atoms with van der Waals surface area (Å²) in [6.45, 7) is 3.78. The zero-order chi connectivity index (χ0) is 22.0. The highest BCUT2D eigenvalue weighted by molar-refractivity contribution is 8.01. The Kier molecular flexibility index (Phi) is 6.15. The van der Waals surface area contributed by atoms with Gasteiger partial charge < -0.3 is 9.88 Å². The second-order valence-corrected chi connectivity index (χ2v) is 8.99. The Hall–Kier alpha value is -3.04. The van der Waals surface area contributed by atoms with Gasteiger partial charge in [-0.05, 0) is 56.3 Å². The molecule has 0 atom stereocenters. The Balaban J connectivity index is 1.44. The Morgan fingerprint density at radius 3 is 2.58 bits per heavy atom. The maximum absolute atomic E-state index is 13.8. The first-order valence-electron chi connectivity index (χ1n) is 9.38. The van der Waals surface area contributed by atoms with Gasteiger partial charge in [-0.15, -0.1) is 10.2 Å². The lowest BCUT2D eigenvalue weighted by atomic mass is 10.2. The number of benzene rings is 2. The zero-order valence-corrected chi connectivity index (χ0v) is 18.4. The van der Waals surface area contributed by atoms with Crippen LogP contribution in [0.2, 0.25) is 0 Å². The summed E-state index contributed by atoms with van der Waals surface area (Å²) >= 11 is 2.54. The molecule has 31 heavy (non-hydrogen) atoms. The van der Waals surface area contributed by atoms with Crippen molar-refractivity contribution in [3.63, 3.8) is 0 Å². The number of halogens is 2. The predicted octanol–water partition coefficient (Wildman–Crippen LogP) is 5.94. The van der Waals surface area contributed by atoms with E-state index >= 15 is 0 Å². The maximum Gasteiger partial charge on any atom is 0.210 e. The topological polar surface area (TPSA) is 59.8 Å². The quantitative estimate of drug-likeness (QED) is 0.275. The van der Waals surface area contributed by atoms with Crippen molar-refractivity contribution in [3.8, 4) is 5.69 Å². The molecule has 4 rings (SSSR count). The second-order valence-electron chi connectivity index (χ2n) is 6.79. The number of aryl methyl sites for hydroxylation is 1. The molecule has 2 heterocycles. The summed E-state index contributed by atoms with van der Waals surface area (Å²) in [6, 6.07) is 14.3. The van der Waals surface area contributed by atoms with Gasteiger partial charge in [0.25, 0.3) is 0 Å². The number of rotatable bonds is 7. The smallest absolute Gasteiger partial charge is 0.210 e. The minimum absolute atomic E-state index is 0.0368.